The van der Waals surface area contributed by atoms with Crippen LogP contribution in [0.4, 0.5) is 13.2 Å². The van der Waals surface area contributed by atoms with Gasteiger partial charge >= 0.3 is 6.18 Å². The van der Waals surface area contributed by atoms with E-state index in [2.05, 4.69) is 0 Å². The second-order valence-corrected chi connectivity index (χ2v) is 5.66. The van der Waals surface area contributed by atoms with Crippen molar-refractivity contribution in [2.75, 3.05) is 6.54 Å². The van der Waals surface area contributed by atoms with Gasteiger partial charge in [-0.2, -0.15) is 13.2 Å². The lowest BCUT2D eigenvalue weighted by Crippen LogP contribution is -2.34. The van der Waals surface area contributed by atoms with E-state index < -0.39 is 28.7 Å². The molecular formula is C10H14F3N3O3S. The second kappa shape index (κ2) is 5.83. The van der Waals surface area contributed by atoms with Crippen LogP contribution in [0.2, 0.25) is 0 Å². The van der Waals surface area contributed by atoms with Crippen molar-refractivity contribution in [1.82, 2.24) is 9.88 Å². The Bertz CT molecular complexity index is 593. The van der Waals surface area contributed by atoms with E-state index in [1.165, 1.54) is 4.57 Å². The molecular weight excluding hydrogens is 299 g/mol. The molecule has 0 aromatic carbocycles. The zero-order valence-corrected chi connectivity index (χ0v) is 11.4. The molecule has 0 aliphatic heterocycles. The average Bonchev–Trinajstić information content (AvgIpc) is 2.69. The number of hydrogen-bond donors (Lipinski definition) is 2. The number of primary sulfonamides is 1. The molecule has 1 heterocycles. The summed E-state index contributed by atoms with van der Waals surface area (Å²) in [5.74, 6) is -1.01. The number of nitrogens with two attached hydrogens (primary N) is 1. The van der Waals surface area contributed by atoms with Crippen LogP contribution >= 0.6 is 0 Å². The molecule has 0 saturated heterocycles. The van der Waals surface area contributed by atoms with Crippen LogP contribution in [0.1, 0.15) is 23.8 Å². The van der Waals surface area contributed by atoms with Gasteiger partial charge in [-0.25, -0.2) is 13.6 Å². The van der Waals surface area contributed by atoms with Crippen LogP contribution in [0.5, 0.6) is 0 Å². The molecule has 10 heteroatoms. The lowest BCUT2D eigenvalue weighted by molar-refractivity contribution is -0.123. The Labute approximate surface area is 113 Å². The zero-order valence-electron chi connectivity index (χ0n) is 10.6. The third kappa shape index (κ3) is 4.53. The molecule has 0 saturated carbocycles. The van der Waals surface area contributed by atoms with E-state index in [1.807, 2.05) is 0 Å². The van der Waals surface area contributed by atoms with Crippen molar-refractivity contribution in [2.24, 2.45) is 5.14 Å². The minimum Gasteiger partial charge on any atom is -0.342 e. The third-order valence-corrected chi connectivity index (χ3v) is 3.23. The monoisotopic (exact) mass is 313 g/mol. The highest BCUT2D eigenvalue weighted by molar-refractivity contribution is 7.89. The highest BCUT2D eigenvalue weighted by Gasteiger charge is 2.29. The first kappa shape index (κ1) is 16.5. The van der Waals surface area contributed by atoms with Gasteiger partial charge in [-0.1, -0.05) is 6.92 Å². The van der Waals surface area contributed by atoms with E-state index in [9.17, 15) is 26.4 Å². The van der Waals surface area contributed by atoms with Crippen molar-refractivity contribution in [3.8, 4) is 0 Å². The Hall–Kier alpha value is -1.55. The first-order valence-electron chi connectivity index (χ1n) is 5.62. The smallest absolute Gasteiger partial charge is 0.342 e. The summed E-state index contributed by atoms with van der Waals surface area (Å²) in [6.07, 6.45) is -2.85. The molecule has 1 aromatic rings. The summed E-state index contributed by atoms with van der Waals surface area (Å²) in [5.41, 5.74) is -0.180. The molecule has 0 aliphatic carbocycles. The molecule has 0 fully saturated rings. The fourth-order valence-electron chi connectivity index (χ4n) is 1.53. The van der Waals surface area contributed by atoms with E-state index in [4.69, 9.17) is 5.14 Å². The molecule has 1 rings (SSSR count). The number of rotatable bonds is 5. The van der Waals surface area contributed by atoms with Crippen LogP contribution in [-0.2, 0) is 16.6 Å². The molecule has 6 nitrogen and oxygen atoms in total. The van der Waals surface area contributed by atoms with Gasteiger partial charge in [-0.3, -0.25) is 4.79 Å². The fourth-order valence-corrected chi connectivity index (χ4v) is 2.08. The number of carbonyl (C=O) groups excluding carboxylic acids is 1. The largest absolute Gasteiger partial charge is 0.405 e. The van der Waals surface area contributed by atoms with Crippen molar-refractivity contribution in [1.29, 1.82) is 0 Å². The molecule has 0 aliphatic rings. The summed E-state index contributed by atoms with van der Waals surface area (Å²) in [6.45, 7) is 0.562. The van der Waals surface area contributed by atoms with Crippen molar-refractivity contribution in [3.63, 3.8) is 0 Å². The zero-order chi connectivity index (χ0) is 15.6. The summed E-state index contributed by atoms with van der Waals surface area (Å²) in [5, 5.41) is 6.61. The van der Waals surface area contributed by atoms with Gasteiger partial charge in [0.15, 0.2) is 0 Å². The molecule has 1 amide bonds. The SMILES string of the molecule is CCCn1cc(S(N)(=O)=O)cc1C(=O)NCC(F)(F)F. The van der Waals surface area contributed by atoms with Crippen LogP contribution in [0.15, 0.2) is 17.2 Å². The summed E-state index contributed by atoms with van der Waals surface area (Å²) in [4.78, 5) is 11.3. The molecule has 20 heavy (non-hydrogen) atoms. The minimum absolute atomic E-state index is 0.180. The van der Waals surface area contributed by atoms with Gasteiger partial charge in [0.2, 0.25) is 10.0 Å². The van der Waals surface area contributed by atoms with Crippen molar-refractivity contribution in [2.45, 2.75) is 31.0 Å². The minimum atomic E-state index is -4.54. The molecule has 0 atom stereocenters. The highest BCUT2D eigenvalue weighted by atomic mass is 32.2. The quantitative estimate of drug-likeness (QED) is 0.843. The van der Waals surface area contributed by atoms with Gasteiger partial charge in [-0.05, 0) is 12.5 Å². The maximum absolute atomic E-state index is 12.0. The van der Waals surface area contributed by atoms with Crippen LogP contribution in [0.3, 0.4) is 0 Å². The highest BCUT2D eigenvalue weighted by Crippen LogP contribution is 2.16. The fraction of sp³-hybridized carbons (Fsp3) is 0.500. The lowest BCUT2D eigenvalue weighted by atomic mass is 10.3. The summed E-state index contributed by atoms with van der Waals surface area (Å²) in [6, 6.07) is 0.955. The molecule has 114 valence electrons. The van der Waals surface area contributed by atoms with E-state index >= 15 is 0 Å². The number of aromatic nitrogens is 1. The van der Waals surface area contributed by atoms with Gasteiger partial charge in [0.25, 0.3) is 5.91 Å². The molecule has 0 radical (unpaired) electrons. The maximum Gasteiger partial charge on any atom is 0.405 e. The van der Waals surface area contributed by atoms with E-state index in [0.717, 1.165) is 12.3 Å². The van der Waals surface area contributed by atoms with E-state index in [0.29, 0.717) is 6.42 Å². The first-order valence-corrected chi connectivity index (χ1v) is 7.17. The molecule has 0 unspecified atom stereocenters. The predicted molar refractivity (Wildman–Crippen MR) is 64.5 cm³/mol. The number of sulfonamides is 1. The van der Waals surface area contributed by atoms with Crippen LogP contribution in [0, 0.1) is 0 Å². The summed E-state index contributed by atoms with van der Waals surface area (Å²) in [7, 11) is -4.02. The number of nitrogens with zero attached hydrogens (tertiary/aromatic N) is 1. The number of carbonyl (C=O) groups is 1. The van der Waals surface area contributed by atoms with Gasteiger partial charge in [-0.15, -0.1) is 0 Å². The Morgan fingerprint density at radius 2 is 2.05 bits per heavy atom. The maximum atomic E-state index is 12.0. The van der Waals surface area contributed by atoms with Crippen LogP contribution in [0.25, 0.3) is 0 Å². The normalized spacial score (nSPS) is 12.4. The topological polar surface area (TPSA) is 94.2 Å². The van der Waals surface area contributed by atoms with Gasteiger partial charge < -0.3 is 9.88 Å². The Morgan fingerprint density at radius 1 is 1.45 bits per heavy atom. The molecule has 0 bridgehead atoms. The number of nitrogens with one attached hydrogen (secondary N) is 1. The Kier molecular flexibility index (Phi) is 4.81. The van der Waals surface area contributed by atoms with Crippen molar-refractivity contribution >= 4 is 15.9 Å². The number of alkyl halides is 3. The predicted octanol–water partition coefficient (Wildman–Crippen LogP) is 0.838. The van der Waals surface area contributed by atoms with Crippen LogP contribution < -0.4 is 10.5 Å². The van der Waals surface area contributed by atoms with Gasteiger partial charge in [0.05, 0.1) is 0 Å². The molecule has 1 aromatic heterocycles. The number of halogens is 3. The Balaban J connectivity index is 3.03. The van der Waals surface area contributed by atoms with E-state index in [-0.39, 0.29) is 17.1 Å². The van der Waals surface area contributed by atoms with Crippen molar-refractivity contribution in [3.05, 3.63) is 18.0 Å². The van der Waals surface area contributed by atoms with E-state index in [1.54, 1.807) is 12.2 Å². The van der Waals surface area contributed by atoms with Crippen LogP contribution in [-0.4, -0.2) is 31.6 Å². The second-order valence-electron chi connectivity index (χ2n) is 4.10. The lowest BCUT2D eigenvalue weighted by Gasteiger charge is -2.10. The molecule has 0 spiro atoms. The third-order valence-electron chi connectivity index (χ3n) is 2.35. The average molecular weight is 313 g/mol. The Morgan fingerprint density at radius 3 is 2.50 bits per heavy atom. The van der Waals surface area contributed by atoms with Gasteiger partial charge in [0, 0.05) is 12.7 Å². The summed E-state index contributed by atoms with van der Waals surface area (Å²) < 4.78 is 59.8. The first-order chi connectivity index (χ1) is 9.04. The summed E-state index contributed by atoms with van der Waals surface area (Å²) >= 11 is 0. The number of amides is 1. The number of hydrogen-bond acceptors (Lipinski definition) is 3. The molecule has 3 N–H and O–H groups in total. The van der Waals surface area contributed by atoms with Crippen molar-refractivity contribution < 1.29 is 26.4 Å². The number of aryl methyl sites for hydroxylation is 1. The standard InChI is InChI=1S/C10H14F3N3O3S/c1-2-3-16-5-7(20(14,18)19)4-8(16)9(17)15-6-10(11,12)13/h4-5H,2-3,6H2,1H3,(H,15,17)(H2,14,18,19). The van der Waals surface area contributed by atoms with Gasteiger partial charge in [0.1, 0.15) is 17.1 Å².